The van der Waals surface area contributed by atoms with E-state index in [2.05, 4.69) is 20.0 Å². The first-order valence-corrected chi connectivity index (χ1v) is 3.77. The Morgan fingerprint density at radius 3 is 3.07 bits per heavy atom. The average Bonchev–Trinajstić information content (AvgIpc) is 2.75. The second-order valence-electron chi connectivity index (χ2n) is 2.64. The van der Waals surface area contributed by atoms with E-state index < -0.39 is 5.97 Å². The van der Waals surface area contributed by atoms with Gasteiger partial charge in [0.15, 0.2) is 5.69 Å². The molecule has 0 aliphatic rings. The minimum atomic E-state index is -1.10. The lowest BCUT2D eigenvalue weighted by Gasteiger charge is -1.92. The zero-order chi connectivity index (χ0) is 9.97. The minimum absolute atomic E-state index is 0.0820. The Kier molecular flexibility index (Phi) is 1.98. The van der Waals surface area contributed by atoms with Crippen molar-refractivity contribution in [3.05, 3.63) is 29.9 Å². The van der Waals surface area contributed by atoms with Crippen LogP contribution in [-0.4, -0.2) is 31.2 Å². The van der Waals surface area contributed by atoms with Gasteiger partial charge in [0.2, 0.25) is 0 Å². The fourth-order valence-corrected chi connectivity index (χ4v) is 0.966. The van der Waals surface area contributed by atoms with Crippen LogP contribution in [0.1, 0.15) is 16.1 Å². The normalized spacial score (nSPS) is 10.3. The van der Waals surface area contributed by atoms with Crippen LogP contribution in [0.25, 0.3) is 0 Å². The number of hydrogen-bond acceptors (Lipinski definition) is 5. The summed E-state index contributed by atoms with van der Waals surface area (Å²) in [6.07, 6.45) is 4.33. The lowest BCUT2D eigenvalue weighted by molar-refractivity contribution is 0.0690. The van der Waals surface area contributed by atoms with E-state index in [-0.39, 0.29) is 5.69 Å². The Labute approximate surface area is 77.9 Å². The molecule has 2 aromatic rings. The topological polar surface area (TPSA) is 94.0 Å². The average molecular weight is 194 g/mol. The van der Waals surface area contributed by atoms with Crippen molar-refractivity contribution in [3.8, 4) is 0 Å². The molecule has 0 aromatic carbocycles. The molecule has 0 radical (unpaired) electrons. The molecule has 0 saturated carbocycles. The number of carboxylic acids is 1. The molecule has 0 unspecified atom stereocenters. The molecule has 2 rings (SSSR count). The summed E-state index contributed by atoms with van der Waals surface area (Å²) in [5.41, 5.74) is 0.716. The molecule has 0 aliphatic carbocycles. The first kappa shape index (κ1) is 8.42. The quantitative estimate of drug-likeness (QED) is 0.739. The van der Waals surface area contributed by atoms with Crippen LogP contribution >= 0.6 is 0 Å². The number of nitrogens with zero attached hydrogens (tertiary/aromatic N) is 4. The van der Waals surface area contributed by atoms with Gasteiger partial charge in [-0.1, -0.05) is 10.4 Å². The Morgan fingerprint density at radius 1 is 1.64 bits per heavy atom. The van der Waals surface area contributed by atoms with Crippen LogP contribution in [0.5, 0.6) is 0 Å². The fourth-order valence-electron chi connectivity index (χ4n) is 0.966. The Hall–Kier alpha value is -2.18. The first-order chi connectivity index (χ1) is 6.75. The van der Waals surface area contributed by atoms with Crippen LogP contribution in [0, 0.1) is 0 Å². The molecule has 0 aliphatic heterocycles. The third-order valence-electron chi connectivity index (χ3n) is 1.59. The fraction of sp³-hybridized carbons (Fsp3) is 0.143. The summed E-state index contributed by atoms with van der Waals surface area (Å²) in [6.45, 7) is 0.393. The van der Waals surface area contributed by atoms with Crippen molar-refractivity contribution in [1.82, 2.24) is 20.2 Å². The summed E-state index contributed by atoms with van der Waals surface area (Å²) < 4.78 is 6.01. The van der Waals surface area contributed by atoms with Crippen molar-refractivity contribution in [3.63, 3.8) is 0 Å². The number of aromatic nitrogens is 4. The van der Waals surface area contributed by atoms with Crippen molar-refractivity contribution in [2.45, 2.75) is 6.54 Å². The number of aromatic carboxylic acids is 1. The van der Waals surface area contributed by atoms with Crippen LogP contribution in [-0.2, 0) is 6.54 Å². The van der Waals surface area contributed by atoms with Gasteiger partial charge in [0.05, 0.1) is 18.9 Å². The minimum Gasteiger partial charge on any atom is -0.476 e. The SMILES string of the molecule is O=C(O)c1cn(Cc2cnoc2)nn1. The summed E-state index contributed by atoms with van der Waals surface area (Å²) in [5.74, 6) is -1.10. The molecule has 1 N–H and O–H groups in total. The Balaban J connectivity index is 2.14. The maximum Gasteiger partial charge on any atom is 0.358 e. The molecule has 0 saturated heterocycles. The second-order valence-corrected chi connectivity index (χ2v) is 2.64. The van der Waals surface area contributed by atoms with Gasteiger partial charge in [-0.25, -0.2) is 9.48 Å². The monoisotopic (exact) mass is 194 g/mol. The zero-order valence-corrected chi connectivity index (χ0v) is 6.99. The lowest BCUT2D eigenvalue weighted by atomic mass is 10.4. The summed E-state index contributed by atoms with van der Waals surface area (Å²) in [7, 11) is 0. The molecule has 0 amide bonds. The molecule has 0 bridgehead atoms. The van der Waals surface area contributed by atoms with Gasteiger partial charge in [-0.15, -0.1) is 5.10 Å². The van der Waals surface area contributed by atoms with E-state index in [1.807, 2.05) is 0 Å². The highest BCUT2D eigenvalue weighted by molar-refractivity contribution is 5.84. The van der Waals surface area contributed by atoms with Gasteiger partial charge >= 0.3 is 5.97 Å². The molecular weight excluding hydrogens is 188 g/mol. The number of carbonyl (C=O) groups is 1. The lowest BCUT2D eigenvalue weighted by Crippen LogP contribution is -1.99. The largest absolute Gasteiger partial charge is 0.476 e. The Bertz CT molecular complexity index is 433. The van der Waals surface area contributed by atoms with E-state index in [1.54, 1.807) is 0 Å². The smallest absolute Gasteiger partial charge is 0.358 e. The number of hydrogen-bond donors (Lipinski definition) is 1. The van der Waals surface area contributed by atoms with Gasteiger partial charge in [-0.3, -0.25) is 0 Å². The van der Waals surface area contributed by atoms with Gasteiger partial charge < -0.3 is 9.63 Å². The molecule has 14 heavy (non-hydrogen) atoms. The summed E-state index contributed by atoms with van der Waals surface area (Å²) in [4.78, 5) is 10.5. The van der Waals surface area contributed by atoms with Crippen molar-refractivity contribution in [2.24, 2.45) is 0 Å². The van der Waals surface area contributed by atoms with Crippen LogP contribution < -0.4 is 0 Å². The highest BCUT2D eigenvalue weighted by Gasteiger charge is 2.08. The first-order valence-electron chi connectivity index (χ1n) is 3.77. The van der Waals surface area contributed by atoms with Crippen LogP contribution in [0.3, 0.4) is 0 Å². The molecule has 72 valence electrons. The maximum atomic E-state index is 10.5. The van der Waals surface area contributed by atoms with E-state index in [0.29, 0.717) is 6.54 Å². The third-order valence-corrected chi connectivity index (χ3v) is 1.59. The second kappa shape index (κ2) is 3.29. The van der Waals surface area contributed by atoms with Crippen molar-refractivity contribution in [1.29, 1.82) is 0 Å². The standard InChI is InChI=1S/C7H6N4O3/c12-7(13)6-3-11(10-9-6)2-5-1-8-14-4-5/h1,3-4H,2H2,(H,12,13). The number of carboxylic acid groups (broad SMARTS) is 1. The van der Waals surface area contributed by atoms with E-state index in [0.717, 1.165) is 5.56 Å². The van der Waals surface area contributed by atoms with E-state index in [1.165, 1.54) is 23.3 Å². The molecule has 2 heterocycles. The predicted octanol–water partition coefficient (Wildman–Crippen LogP) is 0.0126. The van der Waals surface area contributed by atoms with Gasteiger partial charge in [0.25, 0.3) is 0 Å². The van der Waals surface area contributed by atoms with Crippen LogP contribution in [0.4, 0.5) is 0 Å². The van der Waals surface area contributed by atoms with E-state index in [4.69, 9.17) is 5.11 Å². The maximum absolute atomic E-state index is 10.5. The van der Waals surface area contributed by atoms with Crippen LogP contribution in [0.2, 0.25) is 0 Å². The van der Waals surface area contributed by atoms with E-state index >= 15 is 0 Å². The summed E-state index contributed by atoms with van der Waals surface area (Å²) in [5, 5.41) is 19.2. The highest BCUT2D eigenvalue weighted by atomic mass is 16.5. The molecular formula is C7H6N4O3. The zero-order valence-electron chi connectivity index (χ0n) is 6.99. The third kappa shape index (κ3) is 1.60. The van der Waals surface area contributed by atoms with Crippen molar-refractivity contribution >= 4 is 5.97 Å². The molecule has 0 atom stereocenters. The molecule has 0 fully saturated rings. The predicted molar refractivity (Wildman–Crippen MR) is 42.6 cm³/mol. The van der Waals surface area contributed by atoms with Gasteiger partial charge in [0.1, 0.15) is 6.26 Å². The number of rotatable bonds is 3. The molecule has 7 nitrogen and oxygen atoms in total. The Morgan fingerprint density at radius 2 is 2.50 bits per heavy atom. The van der Waals surface area contributed by atoms with Crippen molar-refractivity contribution < 1.29 is 14.4 Å². The summed E-state index contributed by atoms with van der Waals surface area (Å²) in [6, 6.07) is 0. The highest BCUT2D eigenvalue weighted by Crippen LogP contribution is 2.00. The summed E-state index contributed by atoms with van der Waals surface area (Å²) >= 11 is 0. The van der Waals surface area contributed by atoms with Gasteiger partial charge in [-0.2, -0.15) is 0 Å². The van der Waals surface area contributed by atoms with Gasteiger partial charge in [0, 0.05) is 5.56 Å². The molecule has 2 aromatic heterocycles. The van der Waals surface area contributed by atoms with Crippen molar-refractivity contribution in [2.75, 3.05) is 0 Å². The van der Waals surface area contributed by atoms with E-state index in [9.17, 15) is 4.79 Å². The van der Waals surface area contributed by atoms with Gasteiger partial charge in [-0.05, 0) is 0 Å². The molecule has 7 heteroatoms. The molecule has 0 spiro atoms. The van der Waals surface area contributed by atoms with Crippen LogP contribution in [0.15, 0.2) is 23.2 Å².